The maximum absolute atomic E-state index is 14.3. The van der Waals surface area contributed by atoms with Crippen molar-refractivity contribution in [2.75, 3.05) is 47.4 Å². The van der Waals surface area contributed by atoms with Gasteiger partial charge in [0.05, 0.1) is 25.4 Å². The first-order chi connectivity index (χ1) is 13.9. The van der Waals surface area contributed by atoms with Crippen LogP contribution in [0.3, 0.4) is 0 Å². The molecule has 2 atom stereocenters. The number of rotatable bonds is 5. The fraction of sp³-hybridized carbons (Fsp3) is 0.500. The van der Waals surface area contributed by atoms with Gasteiger partial charge in [-0.25, -0.2) is 8.78 Å². The van der Waals surface area contributed by atoms with Gasteiger partial charge >= 0.3 is 0 Å². The Morgan fingerprint density at radius 1 is 1.38 bits per heavy atom. The Morgan fingerprint density at radius 2 is 2.10 bits per heavy atom. The number of hydrogen-bond acceptors (Lipinski definition) is 4. The number of hydrogen-bond donors (Lipinski definition) is 1. The summed E-state index contributed by atoms with van der Waals surface area (Å²) < 4.78 is 36.2. The molecule has 1 aliphatic heterocycles. The molecule has 0 bridgehead atoms. The lowest BCUT2D eigenvalue weighted by atomic mass is 10.0. The van der Waals surface area contributed by atoms with Gasteiger partial charge in [0.15, 0.2) is 5.96 Å². The first-order valence-electron chi connectivity index (χ1n) is 9.56. The number of morpholine rings is 1. The van der Waals surface area contributed by atoms with Gasteiger partial charge < -0.3 is 19.9 Å². The van der Waals surface area contributed by atoms with Gasteiger partial charge in [-0.05, 0) is 26.2 Å². The van der Waals surface area contributed by atoms with Gasteiger partial charge in [-0.2, -0.15) is 5.10 Å². The highest BCUT2D eigenvalue weighted by Gasteiger charge is 2.27. The summed E-state index contributed by atoms with van der Waals surface area (Å²) in [5.74, 6) is -0.433. The predicted molar refractivity (Wildman–Crippen MR) is 108 cm³/mol. The van der Waals surface area contributed by atoms with Crippen molar-refractivity contribution < 1.29 is 13.5 Å². The largest absolute Gasteiger partial charge is 0.370 e. The van der Waals surface area contributed by atoms with Crippen molar-refractivity contribution in [3.05, 3.63) is 53.4 Å². The SMILES string of the molecule is CN=C(NCC(c1c(F)cccc1F)N(C)C)N1CCOC(c2cnn(C)c2)C1. The van der Waals surface area contributed by atoms with E-state index in [4.69, 9.17) is 4.74 Å². The third-order valence-corrected chi connectivity index (χ3v) is 5.08. The van der Waals surface area contributed by atoms with Crippen molar-refractivity contribution in [3.8, 4) is 0 Å². The monoisotopic (exact) mass is 406 g/mol. The maximum atomic E-state index is 14.3. The molecule has 2 unspecified atom stereocenters. The molecule has 0 spiro atoms. The average molecular weight is 406 g/mol. The third-order valence-electron chi connectivity index (χ3n) is 5.08. The fourth-order valence-corrected chi connectivity index (χ4v) is 3.54. The Morgan fingerprint density at radius 3 is 2.69 bits per heavy atom. The van der Waals surface area contributed by atoms with Crippen molar-refractivity contribution in [2.45, 2.75) is 12.1 Å². The molecule has 1 aromatic heterocycles. The molecule has 7 nitrogen and oxygen atoms in total. The van der Waals surface area contributed by atoms with Gasteiger partial charge in [0.2, 0.25) is 0 Å². The molecule has 158 valence electrons. The van der Waals surface area contributed by atoms with Crippen LogP contribution in [0, 0.1) is 11.6 Å². The summed E-state index contributed by atoms with van der Waals surface area (Å²) in [4.78, 5) is 8.24. The molecule has 3 rings (SSSR count). The van der Waals surface area contributed by atoms with Crippen molar-refractivity contribution in [3.63, 3.8) is 0 Å². The minimum atomic E-state index is -0.552. The number of nitrogens with one attached hydrogen (secondary N) is 1. The molecule has 0 amide bonds. The zero-order valence-electron chi connectivity index (χ0n) is 17.3. The Balaban J connectivity index is 1.70. The van der Waals surface area contributed by atoms with Gasteiger partial charge in [-0.3, -0.25) is 9.67 Å². The van der Waals surface area contributed by atoms with Gasteiger partial charge in [0.25, 0.3) is 0 Å². The topological polar surface area (TPSA) is 57.9 Å². The Bertz CT molecular complexity index is 833. The smallest absolute Gasteiger partial charge is 0.193 e. The second-order valence-corrected chi connectivity index (χ2v) is 7.30. The molecule has 1 N–H and O–H groups in total. The van der Waals surface area contributed by atoms with Crippen LogP contribution in [0.15, 0.2) is 35.6 Å². The number of benzene rings is 1. The maximum Gasteiger partial charge on any atom is 0.193 e. The van der Waals surface area contributed by atoms with E-state index in [9.17, 15) is 8.78 Å². The minimum Gasteiger partial charge on any atom is -0.370 e. The highest BCUT2D eigenvalue weighted by molar-refractivity contribution is 5.80. The lowest BCUT2D eigenvalue weighted by Crippen LogP contribution is -2.49. The molecule has 2 aromatic rings. The quantitative estimate of drug-likeness (QED) is 0.608. The molecule has 29 heavy (non-hydrogen) atoms. The summed E-state index contributed by atoms with van der Waals surface area (Å²) >= 11 is 0. The van der Waals surface area contributed by atoms with Crippen molar-refractivity contribution in [2.24, 2.45) is 12.0 Å². The number of aliphatic imine (C=N–C) groups is 1. The number of guanidine groups is 1. The van der Waals surface area contributed by atoms with Crippen molar-refractivity contribution in [1.82, 2.24) is 24.9 Å². The number of aromatic nitrogens is 2. The van der Waals surface area contributed by atoms with Crippen LogP contribution in [0.5, 0.6) is 0 Å². The first-order valence-corrected chi connectivity index (χ1v) is 9.56. The molecule has 0 aliphatic carbocycles. The molecule has 1 saturated heterocycles. The van der Waals surface area contributed by atoms with E-state index in [1.807, 2.05) is 13.2 Å². The van der Waals surface area contributed by atoms with Crippen LogP contribution >= 0.6 is 0 Å². The summed E-state index contributed by atoms with van der Waals surface area (Å²) in [5, 5.41) is 7.48. The van der Waals surface area contributed by atoms with Crippen LogP contribution in [0.4, 0.5) is 8.78 Å². The minimum absolute atomic E-state index is 0.0515. The molecule has 0 saturated carbocycles. The van der Waals surface area contributed by atoms with Crippen LogP contribution in [0.25, 0.3) is 0 Å². The van der Waals surface area contributed by atoms with Gasteiger partial charge in [0, 0.05) is 44.5 Å². The van der Waals surface area contributed by atoms with Crippen LogP contribution < -0.4 is 5.32 Å². The Kier molecular flexibility index (Phi) is 6.81. The van der Waals surface area contributed by atoms with E-state index in [1.54, 1.807) is 36.9 Å². The van der Waals surface area contributed by atoms with Crippen LogP contribution in [0.1, 0.15) is 23.3 Å². The zero-order chi connectivity index (χ0) is 21.0. The van der Waals surface area contributed by atoms with E-state index in [1.165, 1.54) is 18.2 Å². The standard InChI is InChI=1S/C20H28F2N6O/c1-23-20(28-8-9-29-18(13-28)14-10-25-27(4)12-14)24-11-17(26(2)3)19-15(21)6-5-7-16(19)22/h5-7,10,12,17-18H,8-9,11,13H2,1-4H3,(H,23,24). The summed E-state index contributed by atoms with van der Waals surface area (Å²) in [5.41, 5.74) is 1.06. The highest BCUT2D eigenvalue weighted by atomic mass is 19.1. The highest BCUT2D eigenvalue weighted by Crippen LogP contribution is 2.25. The lowest BCUT2D eigenvalue weighted by molar-refractivity contribution is -0.00811. The first kappa shape index (κ1) is 21.2. The van der Waals surface area contributed by atoms with Crippen LogP contribution in [0.2, 0.25) is 0 Å². The van der Waals surface area contributed by atoms with Gasteiger partial charge in [0.1, 0.15) is 17.7 Å². The van der Waals surface area contributed by atoms with E-state index < -0.39 is 17.7 Å². The second kappa shape index (κ2) is 9.32. The normalized spacial score (nSPS) is 18.9. The van der Waals surface area contributed by atoms with Crippen molar-refractivity contribution >= 4 is 5.96 Å². The summed E-state index contributed by atoms with van der Waals surface area (Å²) in [6.45, 7) is 2.16. The van der Waals surface area contributed by atoms with E-state index in [0.717, 1.165) is 5.56 Å². The molecule has 0 radical (unpaired) electrons. The lowest BCUT2D eigenvalue weighted by Gasteiger charge is -2.35. The van der Waals surface area contributed by atoms with E-state index >= 15 is 0 Å². The van der Waals surface area contributed by atoms with E-state index in [0.29, 0.717) is 32.2 Å². The Labute approximate surface area is 170 Å². The number of nitrogens with zero attached hydrogens (tertiary/aromatic N) is 5. The summed E-state index contributed by atoms with van der Waals surface area (Å²) in [7, 11) is 7.17. The number of ether oxygens (including phenoxy) is 1. The third kappa shape index (κ3) is 4.91. The fourth-order valence-electron chi connectivity index (χ4n) is 3.54. The van der Waals surface area contributed by atoms with Gasteiger partial charge in [-0.15, -0.1) is 0 Å². The predicted octanol–water partition coefficient (Wildman–Crippen LogP) is 1.95. The van der Waals surface area contributed by atoms with Crippen LogP contribution in [-0.2, 0) is 11.8 Å². The molecular weight excluding hydrogens is 378 g/mol. The van der Waals surface area contributed by atoms with E-state index in [2.05, 4.69) is 20.3 Å². The molecule has 1 aliphatic rings. The second-order valence-electron chi connectivity index (χ2n) is 7.30. The van der Waals surface area contributed by atoms with E-state index in [-0.39, 0.29) is 11.7 Å². The number of halogens is 2. The van der Waals surface area contributed by atoms with Crippen molar-refractivity contribution in [1.29, 1.82) is 0 Å². The van der Waals surface area contributed by atoms with Gasteiger partial charge in [-0.1, -0.05) is 6.07 Å². The molecule has 1 fully saturated rings. The number of aryl methyl sites for hydroxylation is 1. The molecule has 2 heterocycles. The summed E-state index contributed by atoms with van der Waals surface area (Å²) in [6, 6.07) is 3.46. The average Bonchev–Trinajstić information content (AvgIpc) is 3.13. The molecule has 1 aromatic carbocycles. The number of likely N-dealkylation sites (N-methyl/N-ethyl adjacent to an activating group) is 1. The zero-order valence-corrected chi connectivity index (χ0v) is 17.3. The Hall–Kier alpha value is -2.52. The molecular formula is C20H28F2N6O. The summed E-state index contributed by atoms with van der Waals surface area (Å²) in [6.07, 6.45) is 3.63. The molecule has 9 heteroatoms. The van der Waals surface area contributed by atoms with Crippen LogP contribution in [-0.4, -0.2) is 72.9 Å².